The zero-order valence-electron chi connectivity index (χ0n) is 16.3. The van der Waals surface area contributed by atoms with Gasteiger partial charge in [-0.05, 0) is 32.1 Å². The number of allylic oxidation sites excluding steroid dienone is 1. The molecular formula is C18H33NaO6S. The first-order valence-corrected chi connectivity index (χ1v) is 10.7. The first-order chi connectivity index (χ1) is 11.8. The average Bonchev–Trinajstić information content (AvgIpc) is 2.51. The van der Waals surface area contributed by atoms with Gasteiger partial charge >= 0.3 is 35.5 Å². The van der Waals surface area contributed by atoms with E-state index >= 15 is 0 Å². The van der Waals surface area contributed by atoms with E-state index in [1.54, 1.807) is 0 Å². The molecule has 0 rings (SSSR count). The molecule has 0 fully saturated rings. The predicted molar refractivity (Wildman–Crippen MR) is 97.0 cm³/mol. The third kappa shape index (κ3) is 22.1. The summed E-state index contributed by atoms with van der Waals surface area (Å²) in [4.78, 5) is 10.4. The maximum Gasteiger partial charge on any atom is 1.00 e. The molecule has 1 N–H and O–H groups in total. The van der Waals surface area contributed by atoms with Crippen molar-refractivity contribution in [1.82, 2.24) is 0 Å². The Kier molecular flexibility index (Phi) is 20.1. The van der Waals surface area contributed by atoms with Gasteiger partial charge in [0.25, 0.3) is 0 Å². The van der Waals surface area contributed by atoms with Crippen LogP contribution >= 0.6 is 0 Å². The van der Waals surface area contributed by atoms with Gasteiger partial charge < -0.3 is 9.66 Å². The van der Waals surface area contributed by atoms with E-state index in [1.807, 2.05) is 12.2 Å². The first-order valence-electron chi connectivity index (χ1n) is 9.36. The molecule has 0 bridgehead atoms. The number of carbonyl (C=O) groups is 1. The van der Waals surface area contributed by atoms with Crippen molar-refractivity contribution in [3.05, 3.63) is 12.2 Å². The van der Waals surface area contributed by atoms with Crippen molar-refractivity contribution in [2.75, 3.05) is 0 Å². The number of hydrogen-bond donors (Lipinski definition) is 1. The van der Waals surface area contributed by atoms with Crippen LogP contribution in [0.3, 0.4) is 0 Å². The molecule has 8 heteroatoms. The molecule has 0 radical (unpaired) electrons. The van der Waals surface area contributed by atoms with Gasteiger partial charge in [0.1, 0.15) is 0 Å². The monoisotopic (exact) mass is 400 g/mol. The molecule has 0 aliphatic heterocycles. The molecule has 0 aliphatic rings. The maximum atomic E-state index is 10.8. The van der Waals surface area contributed by atoms with E-state index in [9.17, 15) is 17.8 Å². The van der Waals surface area contributed by atoms with Crippen molar-refractivity contribution in [1.29, 1.82) is 0 Å². The van der Waals surface area contributed by atoms with Crippen molar-refractivity contribution in [2.45, 2.75) is 96.5 Å². The van der Waals surface area contributed by atoms with E-state index in [0.717, 1.165) is 64.2 Å². The van der Waals surface area contributed by atoms with Gasteiger partial charge in [-0.3, -0.25) is 8.98 Å². The van der Waals surface area contributed by atoms with Gasteiger partial charge in [-0.1, -0.05) is 64.0 Å². The van der Waals surface area contributed by atoms with Crippen LogP contribution in [0.2, 0.25) is 0 Å². The van der Waals surface area contributed by atoms with Crippen molar-refractivity contribution >= 4 is 16.4 Å². The quantitative estimate of drug-likeness (QED) is 0.131. The molecule has 0 aromatic carbocycles. The standard InChI is InChI=1S/C18H34O6S.Na/c1-2-3-4-11-14-17(24-25(21,22)23)15-12-9-7-5-6-8-10-13-16-18(19)20;/h9,12,17H,2-8,10-11,13-16H2,1H3,(H,19,20)(H,21,22,23);/q;+1/p-1/b12-9+;. The SMILES string of the molecule is CCCCCCC(C/C=C/CCCCCCCC(=O)O)OS(=O)(=O)[O-].[Na+]. The minimum Gasteiger partial charge on any atom is -0.726 e. The summed E-state index contributed by atoms with van der Waals surface area (Å²) in [5, 5.41) is 8.53. The molecule has 0 heterocycles. The topological polar surface area (TPSA) is 104 Å². The van der Waals surface area contributed by atoms with Gasteiger partial charge in [0.15, 0.2) is 0 Å². The molecule has 0 saturated carbocycles. The molecule has 1 unspecified atom stereocenters. The fourth-order valence-corrected chi connectivity index (χ4v) is 3.11. The summed E-state index contributed by atoms with van der Waals surface area (Å²) in [6.07, 6.45) is 14.3. The maximum absolute atomic E-state index is 10.8. The number of hydrogen-bond acceptors (Lipinski definition) is 5. The predicted octanol–water partition coefficient (Wildman–Crippen LogP) is 1.57. The molecule has 0 spiro atoms. The number of carboxylic acids is 1. The number of unbranched alkanes of at least 4 members (excludes halogenated alkanes) is 8. The fraction of sp³-hybridized carbons (Fsp3) is 0.833. The number of carboxylic acid groups (broad SMARTS) is 1. The minimum absolute atomic E-state index is 0. The van der Waals surface area contributed by atoms with Crippen LogP contribution in [0.1, 0.15) is 90.4 Å². The zero-order chi connectivity index (χ0) is 19.0. The van der Waals surface area contributed by atoms with Crippen LogP contribution in [-0.4, -0.2) is 30.2 Å². The second-order valence-corrected chi connectivity index (χ2v) is 7.39. The molecule has 6 nitrogen and oxygen atoms in total. The molecule has 0 aromatic rings. The van der Waals surface area contributed by atoms with E-state index in [0.29, 0.717) is 12.8 Å². The Morgan fingerprint density at radius 2 is 1.65 bits per heavy atom. The van der Waals surface area contributed by atoms with Gasteiger partial charge in [0.05, 0.1) is 6.10 Å². The summed E-state index contributed by atoms with van der Waals surface area (Å²) in [5.74, 6) is -0.741. The Balaban J connectivity index is 0. The Labute approximate surface area is 181 Å². The molecule has 0 aliphatic carbocycles. The number of aliphatic carboxylic acids is 1. The Hall–Kier alpha value is 0.0800. The van der Waals surface area contributed by atoms with Crippen LogP contribution in [0.25, 0.3) is 0 Å². The average molecular weight is 401 g/mol. The molecule has 1 atom stereocenters. The van der Waals surface area contributed by atoms with Crippen molar-refractivity contribution in [3.63, 3.8) is 0 Å². The summed E-state index contributed by atoms with van der Waals surface area (Å²) in [6.45, 7) is 2.10. The smallest absolute Gasteiger partial charge is 0.726 e. The number of rotatable bonds is 17. The summed E-state index contributed by atoms with van der Waals surface area (Å²) in [7, 11) is -4.66. The van der Waals surface area contributed by atoms with Crippen molar-refractivity contribution < 1.29 is 56.6 Å². The van der Waals surface area contributed by atoms with E-state index in [-0.39, 0.29) is 36.0 Å². The van der Waals surface area contributed by atoms with Crippen LogP contribution in [0.4, 0.5) is 0 Å². The Morgan fingerprint density at radius 3 is 2.27 bits per heavy atom. The van der Waals surface area contributed by atoms with Gasteiger partial charge in [-0.25, -0.2) is 8.42 Å². The van der Waals surface area contributed by atoms with Crippen LogP contribution in [0, 0.1) is 0 Å². The normalized spacial score (nSPS) is 12.8. The van der Waals surface area contributed by atoms with Gasteiger partial charge in [0, 0.05) is 6.42 Å². The van der Waals surface area contributed by atoms with E-state index in [1.165, 1.54) is 0 Å². The van der Waals surface area contributed by atoms with Crippen LogP contribution in [0.5, 0.6) is 0 Å². The second kappa shape index (κ2) is 18.4. The van der Waals surface area contributed by atoms with E-state index < -0.39 is 22.5 Å². The second-order valence-electron chi connectivity index (χ2n) is 6.38. The molecule has 0 amide bonds. The Morgan fingerprint density at radius 1 is 1.04 bits per heavy atom. The summed E-state index contributed by atoms with van der Waals surface area (Å²) < 4.78 is 37.0. The van der Waals surface area contributed by atoms with Crippen molar-refractivity contribution in [3.8, 4) is 0 Å². The first kappa shape index (κ1) is 28.3. The molecular weight excluding hydrogens is 367 g/mol. The molecule has 0 aromatic heterocycles. The fourth-order valence-electron chi connectivity index (χ4n) is 2.61. The largest absolute Gasteiger partial charge is 1.00 e. The van der Waals surface area contributed by atoms with Gasteiger partial charge in [-0.2, -0.15) is 0 Å². The van der Waals surface area contributed by atoms with E-state index in [4.69, 9.17) is 5.11 Å². The summed E-state index contributed by atoms with van der Waals surface area (Å²) in [6, 6.07) is 0. The molecule has 26 heavy (non-hydrogen) atoms. The summed E-state index contributed by atoms with van der Waals surface area (Å²) in [5.41, 5.74) is 0. The minimum atomic E-state index is -4.66. The third-order valence-corrected chi connectivity index (χ3v) is 4.47. The van der Waals surface area contributed by atoms with E-state index in [2.05, 4.69) is 11.1 Å². The van der Waals surface area contributed by atoms with Crippen LogP contribution in [-0.2, 0) is 19.4 Å². The van der Waals surface area contributed by atoms with Crippen molar-refractivity contribution in [2.24, 2.45) is 0 Å². The molecule has 0 saturated heterocycles. The van der Waals surface area contributed by atoms with Gasteiger partial charge in [0.2, 0.25) is 10.4 Å². The van der Waals surface area contributed by atoms with Crippen LogP contribution in [0.15, 0.2) is 12.2 Å². The Bertz CT molecular complexity index is 464. The molecule has 148 valence electrons. The van der Waals surface area contributed by atoms with Crippen LogP contribution < -0.4 is 29.6 Å². The zero-order valence-corrected chi connectivity index (χ0v) is 19.1. The van der Waals surface area contributed by atoms with Gasteiger partial charge in [-0.15, -0.1) is 0 Å². The summed E-state index contributed by atoms with van der Waals surface area (Å²) >= 11 is 0. The third-order valence-electron chi connectivity index (χ3n) is 3.96.